The molecule has 3 heteroatoms. The predicted octanol–water partition coefficient (Wildman–Crippen LogP) is 2.41. The number of carbonyl (C=O) groups excluding carboxylic acids is 1. The molecule has 0 radical (unpaired) electrons. The molecule has 2 rings (SSSR count). The van der Waals surface area contributed by atoms with Crippen molar-refractivity contribution in [3.63, 3.8) is 0 Å². The van der Waals surface area contributed by atoms with Crippen LogP contribution in [-0.2, 0) is 4.79 Å². The highest BCUT2D eigenvalue weighted by Crippen LogP contribution is 2.33. The van der Waals surface area contributed by atoms with E-state index in [4.69, 9.17) is 0 Å². The Morgan fingerprint density at radius 1 is 1.22 bits per heavy atom. The smallest absolute Gasteiger partial charge is 0.225 e. The minimum absolute atomic E-state index is 0.191. The van der Waals surface area contributed by atoms with Gasteiger partial charge in [0.1, 0.15) is 0 Å². The van der Waals surface area contributed by atoms with Gasteiger partial charge in [0.25, 0.3) is 0 Å². The van der Waals surface area contributed by atoms with Gasteiger partial charge in [0.2, 0.25) is 5.91 Å². The largest absolute Gasteiger partial charge is 0.352 e. The molecule has 3 nitrogen and oxygen atoms in total. The Morgan fingerprint density at radius 2 is 1.94 bits per heavy atom. The van der Waals surface area contributed by atoms with Crippen molar-refractivity contribution in [2.75, 3.05) is 13.1 Å². The highest BCUT2D eigenvalue weighted by molar-refractivity contribution is 5.81. The van der Waals surface area contributed by atoms with E-state index < -0.39 is 0 Å². The number of nitrogens with one attached hydrogen (secondary N) is 1. The van der Waals surface area contributed by atoms with Crippen LogP contribution in [0.15, 0.2) is 0 Å². The lowest BCUT2D eigenvalue weighted by Gasteiger charge is -2.46. The van der Waals surface area contributed by atoms with Gasteiger partial charge in [0.05, 0.1) is 0 Å². The summed E-state index contributed by atoms with van der Waals surface area (Å²) in [5.74, 6) is 1.04. The lowest BCUT2D eigenvalue weighted by atomic mass is 9.79. The number of piperidine rings is 1. The average molecular weight is 252 g/mol. The molecule has 1 saturated heterocycles. The van der Waals surface area contributed by atoms with Crippen molar-refractivity contribution >= 4 is 5.91 Å². The molecule has 1 aliphatic heterocycles. The van der Waals surface area contributed by atoms with Crippen molar-refractivity contribution in [2.45, 2.75) is 65.5 Å². The molecule has 1 amide bonds. The maximum Gasteiger partial charge on any atom is 0.225 e. The van der Waals surface area contributed by atoms with E-state index in [0.717, 1.165) is 24.9 Å². The Kier molecular flexibility index (Phi) is 4.00. The summed E-state index contributed by atoms with van der Waals surface area (Å²) in [7, 11) is 0. The summed E-state index contributed by atoms with van der Waals surface area (Å²) in [5.41, 5.74) is -0.272. The maximum atomic E-state index is 12.0. The van der Waals surface area contributed by atoms with Gasteiger partial charge in [-0.3, -0.25) is 9.69 Å². The zero-order valence-corrected chi connectivity index (χ0v) is 12.3. The van der Waals surface area contributed by atoms with Gasteiger partial charge < -0.3 is 5.32 Å². The Balaban J connectivity index is 1.85. The van der Waals surface area contributed by atoms with Crippen molar-refractivity contribution in [3.8, 4) is 0 Å². The Hall–Kier alpha value is -0.570. The molecule has 1 heterocycles. The van der Waals surface area contributed by atoms with E-state index >= 15 is 0 Å². The summed E-state index contributed by atoms with van der Waals surface area (Å²) >= 11 is 0. The molecule has 0 aromatic carbocycles. The molecule has 0 bridgehead atoms. The van der Waals surface area contributed by atoms with Crippen LogP contribution >= 0.6 is 0 Å². The number of likely N-dealkylation sites (tertiary alicyclic amines) is 1. The number of hydrogen-bond donors (Lipinski definition) is 1. The number of amides is 1. The third-order valence-corrected chi connectivity index (χ3v) is 4.51. The van der Waals surface area contributed by atoms with Gasteiger partial charge in [-0.25, -0.2) is 0 Å². The van der Waals surface area contributed by atoms with Crippen LogP contribution in [-0.4, -0.2) is 36.0 Å². The quantitative estimate of drug-likeness (QED) is 0.818. The van der Waals surface area contributed by atoms with Crippen molar-refractivity contribution in [3.05, 3.63) is 0 Å². The highest BCUT2D eigenvalue weighted by Gasteiger charge is 2.35. The zero-order chi connectivity index (χ0) is 13.3. The first-order valence-corrected chi connectivity index (χ1v) is 7.43. The molecule has 0 spiro atoms. The van der Waals surface area contributed by atoms with Gasteiger partial charge in [0.15, 0.2) is 0 Å². The van der Waals surface area contributed by atoms with Crippen LogP contribution in [0.3, 0.4) is 0 Å². The molecular formula is C15H28N2O. The van der Waals surface area contributed by atoms with E-state index in [1.807, 2.05) is 20.8 Å². The van der Waals surface area contributed by atoms with Crippen LogP contribution in [0.2, 0.25) is 0 Å². The van der Waals surface area contributed by atoms with Gasteiger partial charge in [0, 0.05) is 24.0 Å². The third-order valence-electron chi connectivity index (χ3n) is 4.51. The topological polar surface area (TPSA) is 32.3 Å². The monoisotopic (exact) mass is 252 g/mol. The van der Waals surface area contributed by atoms with Gasteiger partial charge >= 0.3 is 0 Å². The van der Waals surface area contributed by atoms with Crippen molar-refractivity contribution < 1.29 is 4.79 Å². The second-order valence-corrected chi connectivity index (χ2v) is 7.18. The van der Waals surface area contributed by atoms with E-state index in [9.17, 15) is 4.79 Å². The first-order valence-electron chi connectivity index (χ1n) is 7.43. The summed E-state index contributed by atoms with van der Waals surface area (Å²) in [4.78, 5) is 14.6. The minimum Gasteiger partial charge on any atom is -0.352 e. The molecule has 0 aromatic heterocycles. The van der Waals surface area contributed by atoms with Gasteiger partial charge in [-0.05, 0) is 38.1 Å². The summed E-state index contributed by atoms with van der Waals surface area (Å²) in [6.07, 6.45) is 5.08. The molecule has 3 atom stereocenters. The van der Waals surface area contributed by atoms with E-state index in [1.54, 1.807) is 0 Å². The van der Waals surface area contributed by atoms with Crippen molar-refractivity contribution in [1.29, 1.82) is 0 Å². The average Bonchev–Trinajstić information content (AvgIpc) is 2.26. The summed E-state index contributed by atoms with van der Waals surface area (Å²) in [6.45, 7) is 10.6. The maximum absolute atomic E-state index is 12.0. The van der Waals surface area contributed by atoms with E-state index in [0.29, 0.717) is 6.04 Å². The molecule has 18 heavy (non-hydrogen) atoms. The highest BCUT2D eigenvalue weighted by atomic mass is 16.2. The van der Waals surface area contributed by atoms with Crippen LogP contribution < -0.4 is 5.32 Å². The number of carbonyl (C=O) groups is 1. The van der Waals surface area contributed by atoms with Gasteiger partial charge in [-0.15, -0.1) is 0 Å². The lowest BCUT2D eigenvalue weighted by molar-refractivity contribution is -0.129. The Morgan fingerprint density at radius 3 is 2.44 bits per heavy atom. The number of nitrogens with zero attached hydrogens (tertiary/aromatic N) is 1. The first-order chi connectivity index (χ1) is 8.38. The lowest BCUT2D eigenvalue weighted by Crippen LogP contribution is -2.56. The third kappa shape index (κ3) is 3.05. The predicted molar refractivity (Wildman–Crippen MR) is 74.4 cm³/mol. The van der Waals surface area contributed by atoms with Gasteiger partial charge in [-0.2, -0.15) is 0 Å². The number of rotatable bonds is 2. The fourth-order valence-corrected chi connectivity index (χ4v) is 3.02. The van der Waals surface area contributed by atoms with Crippen LogP contribution in [0.5, 0.6) is 0 Å². The van der Waals surface area contributed by atoms with E-state index in [-0.39, 0.29) is 11.3 Å². The van der Waals surface area contributed by atoms with Crippen LogP contribution in [0.4, 0.5) is 0 Å². The van der Waals surface area contributed by atoms with Crippen LogP contribution in [0, 0.1) is 11.3 Å². The second-order valence-electron chi connectivity index (χ2n) is 7.18. The molecular weight excluding hydrogens is 224 g/mol. The zero-order valence-electron chi connectivity index (χ0n) is 12.3. The Labute approximate surface area is 111 Å². The normalized spacial score (nSPS) is 33.9. The number of hydrogen-bond acceptors (Lipinski definition) is 2. The van der Waals surface area contributed by atoms with Crippen molar-refractivity contribution in [2.24, 2.45) is 11.3 Å². The fourth-order valence-electron chi connectivity index (χ4n) is 3.02. The molecule has 2 aliphatic rings. The summed E-state index contributed by atoms with van der Waals surface area (Å²) < 4.78 is 0. The van der Waals surface area contributed by atoms with Crippen LogP contribution in [0.25, 0.3) is 0 Å². The first kappa shape index (κ1) is 13.9. The standard InChI is InChI=1S/C15H28N2O/c1-11-7-8-13(11)17-9-5-6-12(10-17)16-14(18)15(2,3)4/h11-13H,5-10H2,1-4H3,(H,16,18). The van der Waals surface area contributed by atoms with E-state index in [2.05, 4.69) is 17.1 Å². The molecule has 1 N–H and O–H groups in total. The SMILES string of the molecule is CC1CCC1N1CCCC(NC(=O)C(C)(C)C)C1. The molecule has 0 aromatic rings. The summed E-state index contributed by atoms with van der Waals surface area (Å²) in [6, 6.07) is 1.14. The van der Waals surface area contributed by atoms with Gasteiger partial charge in [-0.1, -0.05) is 27.7 Å². The molecule has 2 fully saturated rings. The van der Waals surface area contributed by atoms with Crippen LogP contribution in [0.1, 0.15) is 53.4 Å². The Bertz CT molecular complexity index is 308. The molecule has 3 unspecified atom stereocenters. The molecule has 1 saturated carbocycles. The summed E-state index contributed by atoms with van der Waals surface area (Å²) in [5, 5.41) is 3.23. The van der Waals surface area contributed by atoms with Crippen molar-refractivity contribution in [1.82, 2.24) is 10.2 Å². The molecule has 1 aliphatic carbocycles. The minimum atomic E-state index is -0.272. The fraction of sp³-hybridized carbons (Fsp3) is 0.933. The molecule has 104 valence electrons. The second kappa shape index (κ2) is 5.20. The van der Waals surface area contributed by atoms with E-state index in [1.165, 1.54) is 25.8 Å².